The predicted molar refractivity (Wildman–Crippen MR) is 84.8 cm³/mol. The third-order valence-electron chi connectivity index (χ3n) is 4.17. The number of carbonyl (C=O) groups is 1. The first kappa shape index (κ1) is 15.5. The third kappa shape index (κ3) is 2.77. The van der Waals surface area contributed by atoms with Crippen molar-refractivity contribution in [2.24, 2.45) is 5.92 Å². The highest BCUT2D eigenvalue weighted by Gasteiger charge is 2.43. The molecule has 0 radical (unpaired) electrons. The molecule has 0 aromatic carbocycles. The quantitative estimate of drug-likeness (QED) is 0.898. The Morgan fingerprint density at radius 1 is 1.35 bits per heavy atom. The van der Waals surface area contributed by atoms with E-state index in [2.05, 4.69) is 57.0 Å². The maximum Gasteiger partial charge on any atom is 0.241 e. The lowest BCUT2D eigenvalue weighted by Gasteiger charge is -2.34. The Morgan fingerprint density at radius 3 is 2.50 bits per heavy atom. The number of nitrogens with one attached hydrogen (secondary N) is 1. The molecular weight excluding hydrogens is 268 g/mol. The van der Waals surface area contributed by atoms with Gasteiger partial charge < -0.3 is 4.90 Å². The van der Waals surface area contributed by atoms with Gasteiger partial charge in [-0.15, -0.1) is 11.3 Å². The summed E-state index contributed by atoms with van der Waals surface area (Å²) in [5, 5.41) is 3.53. The van der Waals surface area contributed by atoms with Crippen LogP contribution >= 0.6 is 11.3 Å². The van der Waals surface area contributed by atoms with Gasteiger partial charge in [0.25, 0.3) is 0 Å². The summed E-state index contributed by atoms with van der Waals surface area (Å²) in [5.41, 5.74) is 0. The maximum atomic E-state index is 12.7. The van der Waals surface area contributed by atoms with Crippen LogP contribution in [0.5, 0.6) is 0 Å². The zero-order valence-corrected chi connectivity index (χ0v) is 14.0. The lowest BCUT2D eigenvalue weighted by molar-refractivity contribution is -0.133. The highest BCUT2D eigenvalue weighted by molar-refractivity contribution is 7.12. The van der Waals surface area contributed by atoms with Crippen LogP contribution in [0.25, 0.3) is 0 Å². The van der Waals surface area contributed by atoms with E-state index in [-0.39, 0.29) is 18.1 Å². The molecule has 1 aliphatic rings. The van der Waals surface area contributed by atoms with Gasteiger partial charge in [-0.05, 0) is 37.8 Å². The van der Waals surface area contributed by atoms with Crippen molar-refractivity contribution in [2.75, 3.05) is 0 Å². The minimum absolute atomic E-state index is 0.0322. The van der Waals surface area contributed by atoms with E-state index in [1.54, 1.807) is 11.3 Å². The van der Waals surface area contributed by atoms with E-state index in [1.807, 2.05) is 0 Å². The molecule has 1 saturated heterocycles. The van der Waals surface area contributed by atoms with Crippen LogP contribution in [-0.4, -0.2) is 22.9 Å². The fourth-order valence-electron chi connectivity index (χ4n) is 3.11. The van der Waals surface area contributed by atoms with Gasteiger partial charge in [0.05, 0.1) is 6.04 Å². The summed E-state index contributed by atoms with van der Waals surface area (Å²) < 4.78 is 0. The molecule has 1 fully saturated rings. The fourth-order valence-corrected chi connectivity index (χ4v) is 4.04. The summed E-state index contributed by atoms with van der Waals surface area (Å²) in [5.74, 6) is 0.744. The van der Waals surface area contributed by atoms with Crippen LogP contribution in [0.1, 0.15) is 56.5 Å². The first-order valence-corrected chi connectivity index (χ1v) is 8.45. The highest BCUT2D eigenvalue weighted by Crippen LogP contribution is 2.35. The van der Waals surface area contributed by atoms with Crippen molar-refractivity contribution in [3.05, 3.63) is 21.9 Å². The highest BCUT2D eigenvalue weighted by atomic mass is 32.1. The topological polar surface area (TPSA) is 32.3 Å². The van der Waals surface area contributed by atoms with E-state index < -0.39 is 0 Å². The summed E-state index contributed by atoms with van der Waals surface area (Å²) in [6, 6.07) is 4.57. The molecule has 0 bridgehead atoms. The molecule has 1 N–H and O–H groups in total. The number of aryl methyl sites for hydroxylation is 1. The number of rotatable bonds is 5. The molecular formula is C16H26N2OS. The van der Waals surface area contributed by atoms with Gasteiger partial charge in [0.15, 0.2) is 0 Å². The second-order valence-electron chi connectivity index (χ2n) is 5.94. The molecule has 0 spiro atoms. The molecule has 20 heavy (non-hydrogen) atoms. The normalized spacial score (nSPS) is 24.7. The third-order valence-corrected chi connectivity index (χ3v) is 5.23. The Hall–Kier alpha value is -0.870. The Bertz CT molecular complexity index is 469. The average Bonchev–Trinajstić information content (AvgIpc) is 2.95. The summed E-state index contributed by atoms with van der Waals surface area (Å²) in [4.78, 5) is 17.4. The van der Waals surface area contributed by atoms with Gasteiger partial charge in [-0.3, -0.25) is 10.1 Å². The molecule has 1 aromatic heterocycles. The number of thiophene rings is 1. The number of carbonyl (C=O) groups excluding carboxylic acids is 1. The summed E-state index contributed by atoms with van der Waals surface area (Å²) >= 11 is 1.79. The molecule has 0 aliphatic carbocycles. The van der Waals surface area contributed by atoms with Crippen molar-refractivity contribution in [1.29, 1.82) is 0 Å². The van der Waals surface area contributed by atoms with Crippen molar-refractivity contribution in [2.45, 2.75) is 65.7 Å². The fraction of sp³-hybridized carbons (Fsp3) is 0.688. The van der Waals surface area contributed by atoms with Crippen LogP contribution in [0, 0.1) is 12.8 Å². The SMILES string of the molecule is CCC1NC(c2ccc(C)s2)N(C(CC)C(C)C)C1=O. The van der Waals surface area contributed by atoms with Crippen molar-refractivity contribution in [3.8, 4) is 0 Å². The van der Waals surface area contributed by atoms with Gasteiger partial charge in [0.1, 0.15) is 6.17 Å². The Balaban J connectivity index is 2.34. The van der Waals surface area contributed by atoms with Crippen molar-refractivity contribution in [1.82, 2.24) is 10.2 Å². The first-order chi connectivity index (χ1) is 9.49. The van der Waals surface area contributed by atoms with Crippen molar-refractivity contribution >= 4 is 17.2 Å². The molecule has 3 nitrogen and oxygen atoms in total. The molecule has 2 rings (SSSR count). The van der Waals surface area contributed by atoms with Crippen LogP contribution in [0.3, 0.4) is 0 Å². The van der Waals surface area contributed by atoms with E-state index in [1.165, 1.54) is 9.75 Å². The lowest BCUT2D eigenvalue weighted by Crippen LogP contribution is -2.42. The second kappa shape index (κ2) is 6.27. The summed E-state index contributed by atoms with van der Waals surface area (Å²) in [6.07, 6.45) is 1.91. The summed E-state index contributed by atoms with van der Waals surface area (Å²) in [7, 11) is 0. The minimum Gasteiger partial charge on any atom is -0.317 e. The molecule has 1 aliphatic heterocycles. The monoisotopic (exact) mass is 294 g/mol. The Labute approximate surface area is 126 Å². The molecule has 0 saturated carbocycles. The van der Waals surface area contributed by atoms with Gasteiger partial charge in [0.2, 0.25) is 5.91 Å². The largest absolute Gasteiger partial charge is 0.317 e. The molecule has 3 atom stereocenters. The van der Waals surface area contributed by atoms with Gasteiger partial charge in [-0.25, -0.2) is 0 Å². The number of nitrogens with zero attached hydrogens (tertiary/aromatic N) is 1. The van der Waals surface area contributed by atoms with E-state index in [4.69, 9.17) is 0 Å². The Morgan fingerprint density at radius 2 is 2.05 bits per heavy atom. The average molecular weight is 294 g/mol. The predicted octanol–water partition coefficient (Wildman–Crippen LogP) is 3.70. The zero-order valence-electron chi connectivity index (χ0n) is 13.1. The van der Waals surface area contributed by atoms with Gasteiger partial charge >= 0.3 is 0 Å². The minimum atomic E-state index is -0.0322. The van der Waals surface area contributed by atoms with Crippen LogP contribution in [0.15, 0.2) is 12.1 Å². The number of hydrogen-bond acceptors (Lipinski definition) is 3. The molecule has 112 valence electrons. The van der Waals surface area contributed by atoms with Crippen LogP contribution < -0.4 is 5.32 Å². The van der Waals surface area contributed by atoms with E-state index in [9.17, 15) is 4.79 Å². The molecule has 2 heterocycles. The van der Waals surface area contributed by atoms with E-state index in [0.29, 0.717) is 12.0 Å². The van der Waals surface area contributed by atoms with E-state index >= 15 is 0 Å². The van der Waals surface area contributed by atoms with Gasteiger partial charge in [0, 0.05) is 15.8 Å². The Kier molecular flexibility index (Phi) is 4.86. The molecule has 3 unspecified atom stereocenters. The standard InChI is InChI=1S/C16H26N2OS/c1-6-12-16(19)18(13(7-2)10(3)4)15(17-12)14-9-8-11(5)20-14/h8-10,12-13,15,17H,6-7H2,1-5H3. The zero-order chi connectivity index (χ0) is 14.9. The smallest absolute Gasteiger partial charge is 0.241 e. The summed E-state index contributed by atoms with van der Waals surface area (Å²) in [6.45, 7) is 10.8. The number of hydrogen-bond donors (Lipinski definition) is 1. The van der Waals surface area contributed by atoms with Crippen molar-refractivity contribution in [3.63, 3.8) is 0 Å². The number of amides is 1. The molecule has 1 amide bonds. The second-order valence-corrected chi connectivity index (χ2v) is 7.26. The molecule has 1 aromatic rings. The van der Waals surface area contributed by atoms with Crippen LogP contribution in [-0.2, 0) is 4.79 Å². The van der Waals surface area contributed by atoms with Crippen molar-refractivity contribution < 1.29 is 4.79 Å². The first-order valence-electron chi connectivity index (χ1n) is 7.64. The maximum absolute atomic E-state index is 12.7. The van der Waals surface area contributed by atoms with Crippen LogP contribution in [0.2, 0.25) is 0 Å². The molecule has 4 heteroatoms. The van der Waals surface area contributed by atoms with E-state index in [0.717, 1.165) is 12.8 Å². The lowest BCUT2D eigenvalue weighted by atomic mass is 9.99. The van der Waals surface area contributed by atoms with Gasteiger partial charge in [-0.1, -0.05) is 27.7 Å². The van der Waals surface area contributed by atoms with Gasteiger partial charge in [-0.2, -0.15) is 0 Å². The van der Waals surface area contributed by atoms with Crippen LogP contribution in [0.4, 0.5) is 0 Å².